The van der Waals surface area contributed by atoms with E-state index in [1.165, 1.54) is 29.0 Å². The highest BCUT2D eigenvalue weighted by Crippen LogP contribution is 2.27. The number of carbonyl (C=O) groups excluding carboxylic acids is 2. The van der Waals surface area contributed by atoms with Crippen LogP contribution >= 0.6 is 11.3 Å². The van der Waals surface area contributed by atoms with E-state index in [4.69, 9.17) is 0 Å². The van der Waals surface area contributed by atoms with Gasteiger partial charge in [0.15, 0.2) is 0 Å². The minimum Gasteiger partial charge on any atom is -0.337 e. The van der Waals surface area contributed by atoms with Crippen molar-refractivity contribution in [1.82, 2.24) is 5.32 Å². The zero-order valence-electron chi connectivity index (χ0n) is 14.6. The first-order chi connectivity index (χ1) is 13.1. The Kier molecular flexibility index (Phi) is 4.86. The third-order valence-corrected chi connectivity index (χ3v) is 5.81. The second-order valence-corrected chi connectivity index (χ2v) is 7.62. The van der Waals surface area contributed by atoms with Crippen LogP contribution in [0, 0.1) is 5.82 Å². The maximum Gasteiger partial charge on any atom is 0.293 e. The van der Waals surface area contributed by atoms with Crippen LogP contribution in [0.2, 0.25) is 0 Å². The third-order valence-electron chi connectivity index (χ3n) is 4.87. The average molecular weight is 379 g/mol. The van der Waals surface area contributed by atoms with Gasteiger partial charge in [0.1, 0.15) is 5.82 Å². The maximum absolute atomic E-state index is 13.3. The van der Waals surface area contributed by atoms with Gasteiger partial charge in [-0.25, -0.2) is 4.39 Å². The second kappa shape index (κ2) is 7.45. The Morgan fingerprint density at radius 2 is 1.78 bits per heavy atom. The van der Waals surface area contributed by atoms with Crippen molar-refractivity contribution in [2.24, 2.45) is 0 Å². The predicted molar refractivity (Wildman–Crippen MR) is 104 cm³/mol. The number of benzene rings is 2. The molecule has 0 saturated carbocycles. The van der Waals surface area contributed by atoms with Gasteiger partial charge >= 0.3 is 0 Å². The van der Waals surface area contributed by atoms with Gasteiger partial charge < -0.3 is 5.32 Å². The van der Waals surface area contributed by atoms with Crippen molar-refractivity contribution in [3.8, 4) is 0 Å². The molecule has 136 valence electrons. The van der Waals surface area contributed by atoms with Crippen LogP contribution in [0.3, 0.4) is 0 Å². The predicted octanol–water partition coefficient (Wildman–Crippen LogP) is 4.46. The Labute approximate surface area is 160 Å². The molecule has 1 N–H and O–H groups in total. The molecule has 0 aliphatic heterocycles. The molecule has 0 bridgehead atoms. The van der Waals surface area contributed by atoms with E-state index in [-0.39, 0.29) is 5.82 Å². The van der Waals surface area contributed by atoms with Crippen LogP contribution < -0.4 is 5.32 Å². The molecule has 1 atom stereocenters. The molecule has 0 fully saturated rings. The number of thiophene rings is 1. The number of hydrogen-bond acceptors (Lipinski definition) is 3. The fourth-order valence-corrected chi connectivity index (χ4v) is 4.27. The maximum atomic E-state index is 13.3. The molecule has 1 aromatic heterocycles. The SMILES string of the molecule is O=C(N[C@@H](c1ccc(F)cc1)c1cccs1)C(=O)c1ccc2c(c1)CCC2. The highest BCUT2D eigenvalue weighted by atomic mass is 32.1. The Morgan fingerprint density at radius 1 is 1.00 bits per heavy atom. The molecule has 1 heterocycles. The van der Waals surface area contributed by atoms with E-state index in [0.29, 0.717) is 5.56 Å². The van der Waals surface area contributed by atoms with E-state index in [1.807, 2.05) is 29.6 Å². The molecule has 0 spiro atoms. The minimum atomic E-state index is -0.657. The normalized spacial score (nSPS) is 13.8. The molecule has 0 saturated heterocycles. The van der Waals surface area contributed by atoms with Crippen molar-refractivity contribution >= 4 is 23.0 Å². The van der Waals surface area contributed by atoms with Gasteiger partial charge in [0.25, 0.3) is 5.91 Å². The van der Waals surface area contributed by atoms with Gasteiger partial charge in [-0.1, -0.05) is 30.3 Å². The van der Waals surface area contributed by atoms with E-state index in [1.54, 1.807) is 18.2 Å². The number of carbonyl (C=O) groups is 2. The Balaban J connectivity index is 1.58. The monoisotopic (exact) mass is 379 g/mol. The van der Waals surface area contributed by atoms with Crippen LogP contribution in [0.15, 0.2) is 60.0 Å². The van der Waals surface area contributed by atoms with E-state index in [9.17, 15) is 14.0 Å². The molecule has 2 aromatic carbocycles. The summed E-state index contributed by atoms with van der Waals surface area (Å²) in [5, 5.41) is 4.72. The van der Waals surface area contributed by atoms with E-state index in [2.05, 4.69) is 5.32 Å². The molecule has 0 unspecified atom stereocenters. The molecule has 1 amide bonds. The first kappa shape index (κ1) is 17.6. The summed E-state index contributed by atoms with van der Waals surface area (Å²) in [6, 6.07) is 14.7. The molecule has 0 radical (unpaired) electrons. The van der Waals surface area contributed by atoms with Crippen LogP contribution in [-0.2, 0) is 17.6 Å². The largest absolute Gasteiger partial charge is 0.337 e. The minimum absolute atomic E-state index is 0.343. The number of rotatable bonds is 5. The molecule has 1 aliphatic rings. The topological polar surface area (TPSA) is 46.2 Å². The fourth-order valence-electron chi connectivity index (χ4n) is 3.47. The van der Waals surface area contributed by atoms with E-state index < -0.39 is 17.7 Å². The van der Waals surface area contributed by atoms with Crippen LogP contribution in [0.25, 0.3) is 0 Å². The lowest BCUT2D eigenvalue weighted by atomic mass is 10.0. The highest BCUT2D eigenvalue weighted by molar-refractivity contribution is 7.10. The lowest BCUT2D eigenvalue weighted by Gasteiger charge is -2.18. The lowest BCUT2D eigenvalue weighted by molar-refractivity contribution is -0.117. The van der Waals surface area contributed by atoms with Crippen molar-refractivity contribution in [2.75, 3.05) is 0 Å². The second-order valence-electron chi connectivity index (χ2n) is 6.64. The Bertz CT molecular complexity index is 980. The van der Waals surface area contributed by atoms with Crippen molar-refractivity contribution in [1.29, 1.82) is 0 Å². The summed E-state index contributed by atoms with van der Waals surface area (Å²) in [5.74, 6) is -1.55. The van der Waals surface area contributed by atoms with Gasteiger partial charge in [0, 0.05) is 10.4 Å². The van der Waals surface area contributed by atoms with Gasteiger partial charge in [-0.05, 0) is 65.6 Å². The number of Topliss-reactive ketones (excluding diaryl/α,β-unsaturated/α-hetero) is 1. The summed E-state index contributed by atoms with van der Waals surface area (Å²) >= 11 is 1.48. The molecule has 1 aliphatic carbocycles. The Morgan fingerprint density at radius 3 is 2.52 bits per heavy atom. The number of ketones is 1. The van der Waals surface area contributed by atoms with Crippen molar-refractivity contribution in [3.05, 3.63) is 92.9 Å². The number of nitrogens with one attached hydrogen (secondary N) is 1. The third kappa shape index (κ3) is 3.69. The molecular formula is C22H18FNO2S. The Hall–Kier alpha value is -2.79. The number of hydrogen-bond donors (Lipinski definition) is 1. The number of halogens is 1. The summed E-state index contributed by atoms with van der Waals surface area (Å²) in [6.07, 6.45) is 3.07. The standard InChI is InChI=1S/C22H18FNO2S/c23-18-10-8-15(9-11-18)20(19-5-2-12-27-19)24-22(26)21(25)17-7-6-14-3-1-4-16(14)13-17/h2,5-13,20H,1,3-4H2,(H,24,26)/t20-/m0/s1. The summed E-state index contributed by atoms with van der Waals surface area (Å²) in [6.45, 7) is 0. The van der Waals surface area contributed by atoms with Gasteiger partial charge in [-0.15, -0.1) is 11.3 Å². The summed E-state index contributed by atoms with van der Waals surface area (Å²) in [7, 11) is 0. The number of aryl methyl sites for hydroxylation is 2. The van der Waals surface area contributed by atoms with Gasteiger partial charge in [0.2, 0.25) is 5.78 Å². The average Bonchev–Trinajstić information content (AvgIpc) is 3.37. The van der Waals surface area contributed by atoms with Crippen molar-refractivity contribution in [2.45, 2.75) is 25.3 Å². The van der Waals surface area contributed by atoms with Crippen LogP contribution in [0.4, 0.5) is 4.39 Å². The fraction of sp³-hybridized carbons (Fsp3) is 0.182. The van der Waals surface area contributed by atoms with Crippen molar-refractivity contribution < 1.29 is 14.0 Å². The summed E-state index contributed by atoms with van der Waals surface area (Å²) in [4.78, 5) is 26.2. The molecule has 3 nitrogen and oxygen atoms in total. The van der Waals surface area contributed by atoms with Crippen LogP contribution in [-0.4, -0.2) is 11.7 Å². The molecular weight excluding hydrogens is 361 g/mol. The van der Waals surface area contributed by atoms with E-state index in [0.717, 1.165) is 35.3 Å². The van der Waals surface area contributed by atoms with Crippen LogP contribution in [0.5, 0.6) is 0 Å². The number of amides is 1. The highest BCUT2D eigenvalue weighted by Gasteiger charge is 2.24. The lowest BCUT2D eigenvalue weighted by Crippen LogP contribution is -2.34. The van der Waals surface area contributed by atoms with Crippen LogP contribution in [0.1, 0.15) is 44.4 Å². The molecule has 3 aromatic rings. The first-order valence-electron chi connectivity index (χ1n) is 8.87. The van der Waals surface area contributed by atoms with Gasteiger partial charge in [-0.2, -0.15) is 0 Å². The zero-order valence-corrected chi connectivity index (χ0v) is 15.4. The number of fused-ring (bicyclic) bond motifs is 1. The van der Waals surface area contributed by atoms with Gasteiger partial charge in [0.05, 0.1) is 6.04 Å². The smallest absolute Gasteiger partial charge is 0.293 e. The summed E-state index contributed by atoms with van der Waals surface area (Å²) < 4.78 is 13.3. The van der Waals surface area contributed by atoms with Gasteiger partial charge in [-0.3, -0.25) is 9.59 Å². The summed E-state index contributed by atoms with van der Waals surface area (Å²) in [5.41, 5.74) is 3.56. The van der Waals surface area contributed by atoms with Crippen molar-refractivity contribution in [3.63, 3.8) is 0 Å². The quantitative estimate of drug-likeness (QED) is 0.525. The molecule has 4 rings (SSSR count). The molecule has 5 heteroatoms. The first-order valence-corrected chi connectivity index (χ1v) is 9.75. The van der Waals surface area contributed by atoms with E-state index >= 15 is 0 Å². The zero-order chi connectivity index (χ0) is 18.8. The molecule has 27 heavy (non-hydrogen) atoms.